The third-order valence-corrected chi connectivity index (χ3v) is 7.50. The summed E-state index contributed by atoms with van der Waals surface area (Å²) in [5.74, 6) is 0.181. The zero-order valence-corrected chi connectivity index (χ0v) is 18.2. The molecule has 0 N–H and O–H groups in total. The summed E-state index contributed by atoms with van der Waals surface area (Å²) in [4.78, 5) is 20.3. The first kappa shape index (κ1) is 20.0. The molecular weight excluding hydrogens is 370 g/mol. The minimum absolute atomic E-state index is 0.181. The van der Waals surface area contributed by atoms with Gasteiger partial charge in [-0.05, 0) is 49.7 Å². The molecule has 4 nitrogen and oxygen atoms in total. The van der Waals surface area contributed by atoms with E-state index in [2.05, 4.69) is 34.1 Å². The van der Waals surface area contributed by atoms with E-state index in [1.807, 2.05) is 17.0 Å². The van der Waals surface area contributed by atoms with Gasteiger partial charge >= 0.3 is 0 Å². The summed E-state index contributed by atoms with van der Waals surface area (Å²) in [6, 6.07) is 13.2. The van der Waals surface area contributed by atoms with Crippen LogP contribution in [-0.2, 0) is 0 Å². The van der Waals surface area contributed by atoms with Gasteiger partial charge in [0.15, 0.2) is 0 Å². The summed E-state index contributed by atoms with van der Waals surface area (Å²) in [7, 11) is 0. The molecule has 3 aliphatic rings. The molecule has 0 bridgehead atoms. The maximum Gasteiger partial charge on any atom is 0.258 e. The standard InChI is InChI=1S/C26H35N3O/c30-26-23-13-7-9-21-10-8-14-24(25(21)23)29(26)16-6-2-5-15-27-17-19-28(20-18-27)22-11-3-1-4-12-22/h7-10,13-14,22H,1-6,11-12,15-20H2. The average molecular weight is 406 g/mol. The summed E-state index contributed by atoms with van der Waals surface area (Å²) >= 11 is 0. The number of carbonyl (C=O) groups is 1. The zero-order chi connectivity index (χ0) is 20.3. The molecule has 0 unspecified atom stereocenters. The van der Waals surface area contributed by atoms with E-state index in [0.29, 0.717) is 0 Å². The highest BCUT2D eigenvalue weighted by Gasteiger charge is 2.29. The molecule has 0 atom stereocenters. The maximum atomic E-state index is 12.9. The van der Waals surface area contributed by atoms with E-state index in [1.165, 1.54) is 83.1 Å². The first-order valence-corrected chi connectivity index (χ1v) is 12.1. The van der Waals surface area contributed by atoms with E-state index in [9.17, 15) is 4.79 Å². The highest BCUT2D eigenvalue weighted by Crippen LogP contribution is 2.37. The van der Waals surface area contributed by atoms with Crippen LogP contribution in [0.4, 0.5) is 5.69 Å². The van der Waals surface area contributed by atoms with Crippen LogP contribution in [0.2, 0.25) is 0 Å². The van der Waals surface area contributed by atoms with Crippen LogP contribution < -0.4 is 4.90 Å². The number of carbonyl (C=O) groups excluding carboxylic acids is 1. The third-order valence-electron chi connectivity index (χ3n) is 7.50. The van der Waals surface area contributed by atoms with Crippen molar-refractivity contribution in [1.82, 2.24) is 9.80 Å². The molecule has 2 heterocycles. The van der Waals surface area contributed by atoms with Gasteiger partial charge < -0.3 is 9.80 Å². The SMILES string of the molecule is O=C1c2cccc3cccc(c23)N1CCCCCN1CCN(C2CCCCC2)CC1. The zero-order valence-electron chi connectivity index (χ0n) is 18.2. The lowest BCUT2D eigenvalue weighted by Crippen LogP contribution is -2.50. The summed E-state index contributed by atoms with van der Waals surface area (Å²) in [5.41, 5.74) is 1.98. The topological polar surface area (TPSA) is 26.8 Å². The molecule has 4 heteroatoms. The second kappa shape index (κ2) is 9.07. The molecule has 30 heavy (non-hydrogen) atoms. The Balaban J connectivity index is 1.05. The van der Waals surface area contributed by atoms with E-state index in [4.69, 9.17) is 0 Å². The Hall–Kier alpha value is -1.91. The lowest BCUT2D eigenvalue weighted by Gasteiger charge is -2.40. The summed E-state index contributed by atoms with van der Waals surface area (Å²) in [6.07, 6.45) is 10.7. The van der Waals surface area contributed by atoms with E-state index >= 15 is 0 Å². The monoisotopic (exact) mass is 405 g/mol. The fourth-order valence-corrected chi connectivity index (χ4v) is 5.78. The van der Waals surface area contributed by atoms with Gasteiger partial charge in [0.05, 0.1) is 5.69 Å². The van der Waals surface area contributed by atoms with Crippen LogP contribution >= 0.6 is 0 Å². The normalized spacial score (nSPS) is 21.1. The van der Waals surface area contributed by atoms with Crippen LogP contribution in [0.1, 0.15) is 61.7 Å². The van der Waals surface area contributed by atoms with Crippen molar-refractivity contribution in [2.45, 2.75) is 57.4 Å². The lowest BCUT2D eigenvalue weighted by atomic mass is 9.94. The first-order chi connectivity index (χ1) is 14.8. The number of benzene rings is 2. The molecule has 1 saturated carbocycles. The van der Waals surface area contributed by atoms with Crippen molar-refractivity contribution in [3.63, 3.8) is 0 Å². The van der Waals surface area contributed by atoms with Gasteiger partial charge in [-0.1, -0.05) is 49.9 Å². The molecule has 2 aromatic rings. The first-order valence-electron chi connectivity index (χ1n) is 12.1. The van der Waals surface area contributed by atoms with E-state index in [-0.39, 0.29) is 5.91 Å². The number of piperazine rings is 1. The molecule has 2 aromatic carbocycles. The lowest BCUT2D eigenvalue weighted by molar-refractivity contribution is 0.0781. The van der Waals surface area contributed by atoms with Crippen molar-refractivity contribution >= 4 is 22.4 Å². The predicted octanol–water partition coefficient (Wildman–Crippen LogP) is 4.92. The summed E-state index contributed by atoms with van der Waals surface area (Å²) in [6.45, 7) is 7.03. The summed E-state index contributed by atoms with van der Waals surface area (Å²) < 4.78 is 0. The molecule has 1 saturated heterocycles. The van der Waals surface area contributed by atoms with E-state index < -0.39 is 0 Å². The van der Waals surface area contributed by atoms with Crippen molar-refractivity contribution in [3.8, 4) is 0 Å². The molecule has 2 aliphatic heterocycles. The molecule has 0 spiro atoms. The van der Waals surface area contributed by atoms with Gasteiger partial charge in [-0.25, -0.2) is 0 Å². The van der Waals surface area contributed by atoms with Gasteiger partial charge in [0.2, 0.25) is 0 Å². The van der Waals surface area contributed by atoms with Crippen LogP contribution in [0.3, 0.4) is 0 Å². The Bertz CT molecular complexity index is 876. The van der Waals surface area contributed by atoms with Crippen molar-refractivity contribution in [2.75, 3.05) is 44.2 Å². The molecule has 160 valence electrons. The maximum absolute atomic E-state index is 12.9. The quantitative estimate of drug-likeness (QED) is 0.612. The highest BCUT2D eigenvalue weighted by molar-refractivity contribution is 6.24. The number of unbranched alkanes of at least 4 members (excludes halogenated alkanes) is 2. The molecule has 2 fully saturated rings. The summed E-state index contributed by atoms with van der Waals surface area (Å²) in [5, 5.41) is 2.31. The van der Waals surface area contributed by atoms with Crippen LogP contribution in [0.15, 0.2) is 36.4 Å². The van der Waals surface area contributed by atoms with E-state index in [0.717, 1.165) is 35.6 Å². The Kier molecular flexibility index (Phi) is 6.05. The number of nitrogens with zero attached hydrogens (tertiary/aromatic N) is 3. The van der Waals surface area contributed by atoms with Gasteiger partial charge in [-0.3, -0.25) is 9.69 Å². The Labute approximate surface area is 180 Å². The van der Waals surface area contributed by atoms with Crippen LogP contribution in [0, 0.1) is 0 Å². The Morgan fingerprint density at radius 1 is 0.800 bits per heavy atom. The van der Waals surface area contributed by atoms with Crippen LogP contribution in [0.25, 0.3) is 10.8 Å². The number of hydrogen-bond acceptors (Lipinski definition) is 3. The molecule has 1 amide bonds. The van der Waals surface area contributed by atoms with Gasteiger partial charge in [0.25, 0.3) is 5.91 Å². The minimum Gasteiger partial charge on any atom is -0.308 e. The Morgan fingerprint density at radius 2 is 1.53 bits per heavy atom. The minimum atomic E-state index is 0.181. The van der Waals surface area contributed by atoms with Gasteiger partial charge in [-0.2, -0.15) is 0 Å². The number of rotatable bonds is 7. The fourth-order valence-electron chi connectivity index (χ4n) is 5.78. The van der Waals surface area contributed by atoms with Crippen LogP contribution in [-0.4, -0.2) is 61.0 Å². The molecule has 5 rings (SSSR count). The number of anilines is 1. The third kappa shape index (κ3) is 4.00. The highest BCUT2D eigenvalue weighted by atomic mass is 16.2. The molecular formula is C26H35N3O. The largest absolute Gasteiger partial charge is 0.308 e. The predicted molar refractivity (Wildman–Crippen MR) is 124 cm³/mol. The second-order valence-electron chi connectivity index (χ2n) is 9.37. The number of hydrogen-bond donors (Lipinski definition) is 0. The second-order valence-corrected chi connectivity index (χ2v) is 9.37. The van der Waals surface area contributed by atoms with Gasteiger partial charge in [-0.15, -0.1) is 0 Å². The Morgan fingerprint density at radius 3 is 2.33 bits per heavy atom. The van der Waals surface area contributed by atoms with Crippen molar-refractivity contribution in [3.05, 3.63) is 42.0 Å². The molecule has 0 radical (unpaired) electrons. The van der Waals surface area contributed by atoms with Crippen LogP contribution in [0.5, 0.6) is 0 Å². The molecule has 0 aromatic heterocycles. The fraction of sp³-hybridized carbons (Fsp3) is 0.577. The van der Waals surface area contributed by atoms with Crippen molar-refractivity contribution in [1.29, 1.82) is 0 Å². The van der Waals surface area contributed by atoms with Crippen molar-refractivity contribution < 1.29 is 4.79 Å². The van der Waals surface area contributed by atoms with E-state index in [1.54, 1.807) is 0 Å². The number of amides is 1. The van der Waals surface area contributed by atoms with Crippen molar-refractivity contribution in [2.24, 2.45) is 0 Å². The van der Waals surface area contributed by atoms with Gasteiger partial charge in [0.1, 0.15) is 0 Å². The van der Waals surface area contributed by atoms with Gasteiger partial charge in [0, 0.05) is 49.7 Å². The molecule has 1 aliphatic carbocycles. The smallest absolute Gasteiger partial charge is 0.258 e. The average Bonchev–Trinajstić information content (AvgIpc) is 3.08.